The van der Waals surface area contributed by atoms with E-state index in [1.54, 1.807) is 0 Å². The van der Waals surface area contributed by atoms with Crippen LogP contribution in [0.3, 0.4) is 0 Å². The first-order valence-electron chi connectivity index (χ1n) is 6.86. The third kappa shape index (κ3) is 3.59. The van der Waals surface area contributed by atoms with Gasteiger partial charge in [0.15, 0.2) is 0 Å². The zero-order valence-electron chi connectivity index (χ0n) is 11.7. The van der Waals surface area contributed by atoms with E-state index < -0.39 is 17.7 Å². The lowest BCUT2D eigenvalue weighted by molar-refractivity contribution is 0.177. The summed E-state index contributed by atoms with van der Waals surface area (Å²) in [7, 11) is 0. The van der Waals surface area contributed by atoms with E-state index in [0.29, 0.717) is 46.4 Å². The van der Waals surface area contributed by atoms with Gasteiger partial charge in [0.25, 0.3) is 5.76 Å². The van der Waals surface area contributed by atoms with Gasteiger partial charge in [-0.05, 0) is 42.7 Å². The van der Waals surface area contributed by atoms with Gasteiger partial charge in [-0.25, -0.2) is 4.39 Å². The van der Waals surface area contributed by atoms with Crippen molar-refractivity contribution in [3.63, 3.8) is 0 Å². The summed E-state index contributed by atoms with van der Waals surface area (Å²) in [5, 5.41) is 10.3. The molecule has 7 heteroatoms. The number of hydrogen-bond donors (Lipinski definition) is 1. The molecule has 23 heavy (non-hydrogen) atoms. The van der Waals surface area contributed by atoms with Crippen molar-refractivity contribution in [2.45, 2.75) is 29.6 Å². The molecule has 1 aliphatic rings. The van der Waals surface area contributed by atoms with Crippen molar-refractivity contribution in [1.82, 2.24) is 0 Å². The number of thioether (sulfide) groups is 1. The molecule has 0 amide bonds. The van der Waals surface area contributed by atoms with Crippen LogP contribution in [0.2, 0.25) is 5.02 Å². The van der Waals surface area contributed by atoms with Gasteiger partial charge in [0.05, 0.1) is 6.10 Å². The Labute approximate surface area is 140 Å². The second kappa shape index (κ2) is 6.63. The summed E-state index contributed by atoms with van der Waals surface area (Å²) in [6.07, 6.45) is 0.144. The standard InChI is InChI=1S/C16H12ClF3O2S/c17-8-5-9(18)7-10(6-8)22-13-3-4-14(23-16(19)20)11-1-2-12(21)15(11)13/h3-7,12,16,21H,1-2H2. The van der Waals surface area contributed by atoms with Crippen LogP contribution in [-0.2, 0) is 6.42 Å². The highest BCUT2D eigenvalue weighted by Crippen LogP contribution is 2.45. The minimum atomic E-state index is -2.54. The van der Waals surface area contributed by atoms with Crippen molar-refractivity contribution in [2.75, 3.05) is 0 Å². The topological polar surface area (TPSA) is 29.5 Å². The maximum absolute atomic E-state index is 13.4. The van der Waals surface area contributed by atoms with Gasteiger partial charge in [-0.2, -0.15) is 8.78 Å². The fraction of sp³-hybridized carbons (Fsp3) is 0.250. The van der Waals surface area contributed by atoms with E-state index in [0.717, 1.165) is 6.07 Å². The van der Waals surface area contributed by atoms with Gasteiger partial charge in [0.2, 0.25) is 0 Å². The third-order valence-electron chi connectivity index (χ3n) is 3.56. The van der Waals surface area contributed by atoms with Crippen molar-refractivity contribution in [3.8, 4) is 11.5 Å². The number of rotatable bonds is 4. The Kier molecular flexibility index (Phi) is 4.75. The summed E-state index contributed by atoms with van der Waals surface area (Å²) in [6.45, 7) is 0. The van der Waals surface area contributed by atoms with Crippen LogP contribution in [0.5, 0.6) is 11.5 Å². The average Bonchev–Trinajstić information content (AvgIpc) is 2.83. The van der Waals surface area contributed by atoms with Gasteiger partial charge in [-0.1, -0.05) is 23.4 Å². The smallest absolute Gasteiger partial charge is 0.288 e. The summed E-state index contributed by atoms with van der Waals surface area (Å²) in [6, 6.07) is 6.80. The van der Waals surface area contributed by atoms with Crippen molar-refractivity contribution < 1.29 is 23.0 Å². The first kappa shape index (κ1) is 16.5. The fourth-order valence-electron chi connectivity index (χ4n) is 2.68. The van der Waals surface area contributed by atoms with Crippen LogP contribution < -0.4 is 4.74 Å². The second-order valence-corrected chi connectivity index (χ2v) is 6.56. The summed E-state index contributed by atoms with van der Waals surface area (Å²) in [5.41, 5.74) is 1.14. The summed E-state index contributed by atoms with van der Waals surface area (Å²) >= 11 is 6.23. The minimum absolute atomic E-state index is 0.182. The molecule has 0 aromatic heterocycles. The summed E-state index contributed by atoms with van der Waals surface area (Å²) in [5.74, 6) is -2.57. The van der Waals surface area contributed by atoms with Gasteiger partial charge in [0, 0.05) is 21.5 Å². The molecule has 1 atom stereocenters. The van der Waals surface area contributed by atoms with Crippen LogP contribution in [-0.4, -0.2) is 10.9 Å². The highest BCUT2D eigenvalue weighted by Gasteiger charge is 2.28. The molecule has 1 unspecified atom stereocenters. The molecule has 0 bridgehead atoms. The molecule has 122 valence electrons. The number of aliphatic hydroxyl groups excluding tert-OH is 1. The number of fused-ring (bicyclic) bond motifs is 1. The minimum Gasteiger partial charge on any atom is -0.457 e. The van der Waals surface area contributed by atoms with Gasteiger partial charge in [-0.3, -0.25) is 0 Å². The number of benzene rings is 2. The molecular formula is C16H12ClF3O2S. The van der Waals surface area contributed by atoms with Crippen LogP contribution in [0.15, 0.2) is 35.2 Å². The van der Waals surface area contributed by atoms with Gasteiger partial charge in [0.1, 0.15) is 17.3 Å². The van der Waals surface area contributed by atoms with E-state index in [9.17, 15) is 18.3 Å². The molecule has 0 aliphatic heterocycles. The normalized spacial score (nSPS) is 16.7. The lowest BCUT2D eigenvalue weighted by Gasteiger charge is -2.15. The Morgan fingerprint density at radius 2 is 2.04 bits per heavy atom. The monoisotopic (exact) mass is 360 g/mol. The van der Waals surface area contributed by atoms with Crippen LogP contribution in [0.4, 0.5) is 13.2 Å². The van der Waals surface area contributed by atoms with E-state index in [1.165, 1.54) is 24.3 Å². The number of hydrogen-bond acceptors (Lipinski definition) is 3. The average molecular weight is 361 g/mol. The number of aliphatic hydroxyl groups is 1. The maximum Gasteiger partial charge on any atom is 0.288 e. The summed E-state index contributed by atoms with van der Waals surface area (Å²) in [4.78, 5) is 0.427. The molecule has 3 rings (SSSR count). The Balaban J connectivity index is 1.98. The SMILES string of the molecule is OC1CCc2c(SC(F)F)ccc(Oc3cc(F)cc(Cl)c3)c21. The van der Waals surface area contributed by atoms with E-state index >= 15 is 0 Å². The number of ether oxygens (including phenoxy) is 1. The van der Waals surface area contributed by atoms with Crippen molar-refractivity contribution >= 4 is 23.4 Å². The van der Waals surface area contributed by atoms with Crippen LogP contribution in [0.25, 0.3) is 0 Å². The predicted molar refractivity (Wildman–Crippen MR) is 83.1 cm³/mol. The number of alkyl halides is 2. The van der Waals surface area contributed by atoms with Crippen LogP contribution in [0.1, 0.15) is 23.7 Å². The lowest BCUT2D eigenvalue weighted by atomic mass is 10.1. The lowest BCUT2D eigenvalue weighted by Crippen LogP contribution is -1.98. The zero-order chi connectivity index (χ0) is 16.6. The van der Waals surface area contributed by atoms with Crippen LogP contribution in [0, 0.1) is 5.82 Å². The molecule has 0 heterocycles. The maximum atomic E-state index is 13.4. The Bertz CT molecular complexity index is 719. The van der Waals surface area contributed by atoms with E-state index in [1.807, 2.05) is 0 Å². The second-order valence-electron chi connectivity index (χ2n) is 5.09. The molecule has 2 nitrogen and oxygen atoms in total. The first-order chi connectivity index (χ1) is 10.9. The molecule has 0 fully saturated rings. The molecule has 1 aliphatic carbocycles. The molecule has 2 aromatic carbocycles. The Morgan fingerprint density at radius 1 is 1.26 bits per heavy atom. The largest absolute Gasteiger partial charge is 0.457 e. The first-order valence-corrected chi connectivity index (χ1v) is 8.12. The predicted octanol–water partition coefficient (Wildman–Crippen LogP) is 5.57. The molecule has 2 aromatic rings. The van der Waals surface area contributed by atoms with Gasteiger partial charge in [-0.15, -0.1) is 0 Å². The highest BCUT2D eigenvalue weighted by molar-refractivity contribution is 7.99. The van der Waals surface area contributed by atoms with Crippen molar-refractivity contribution in [2.24, 2.45) is 0 Å². The summed E-state index contributed by atoms with van der Waals surface area (Å²) < 4.78 is 44.3. The van der Waals surface area contributed by atoms with Gasteiger partial charge < -0.3 is 9.84 Å². The van der Waals surface area contributed by atoms with E-state index in [2.05, 4.69) is 0 Å². The van der Waals surface area contributed by atoms with Crippen LogP contribution >= 0.6 is 23.4 Å². The fourth-order valence-corrected chi connectivity index (χ4v) is 3.59. The van der Waals surface area contributed by atoms with Crippen molar-refractivity contribution in [3.05, 3.63) is 52.3 Å². The zero-order valence-corrected chi connectivity index (χ0v) is 13.3. The van der Waals surface area contributed by atoms with Crippen molar-refractivity contribution in [1.29, 1.82) is 0 Å². The molecule has 0 spiro atoms. The van der Waals surface area contributed by atoms with E-state index in [-0.39, 0.29) is 10.8 Å². The van der Waals surface area contributed by atoms with Gasteiger partial charge >= 0.3 is 0 Å². The quantitative estimate of drug-likeness (QED) is 0.723. The molecule has 0 radical (unpaired) electrons. The molecule has 1 N–H and O–H groups in total. The molecule has 0 saturated heterocycles. The highest BCUT2D eigenvalue weighted by atomic mass is 35.5. The third-order valence-corrected chi connectivity index (χ3v) is 4.59. The Morgan fingerprint density at radius 3 is 2.74 bits per heavy atom. The molecule has 0 saturated carbocycles. The van der Waals surface area contributed by atoms with E-state index in [4.69, 9.17) is 16.3 Å². The molecular weight excluding hydrogens is 349 g/mol. The Hall–Kier alpha value is -1.37. The number of halogens is 4.